The Balaban J connectivity index is 2.16. The fourth-order valence-corrected chi connectivity index (χ4v) is 1.89. The molecular formula is C14H19N3. The van der Waals surface area contributed by atoms with Crippen molar-refractivity contribution in [3.8, 4) is 5.69 Å². The molecule has 1 aromatic carbocycles. The van der Waals surface area contributed by atoms with E-state index >= 15 is 0 Å². The fraction of sp³-hybridized carbons (Fsp3) is 0.357. The van der Waals surface area contributed by atoms with Crippen LogP contribution in [0.15, 0.2) is 36.7 Å². The third-order valence-corrected chi connectivity index (χ3v) is 3.06. The third-order valence-electron chi connectivity index (χ3n) is 3.06. The number of hydrogen-bond donors (Lipinski definition) is 1. The molecule has 0 aliphatic rings. The lowest BCUT2D eigenvalue weighted by Gasteiger charge is -2.10. The van der Waals surface area contributed by atoms with Crippen LogP contribution in [0.2, 0.25) is 0 Å². The van der Waals surface area contributed by atoms with Gasteiger partial charge in [0, 0.05) is 24.1 Å². The molecule has 3 heteroatoms. The van der Waals surface area contributed by atoms with Gasteiger partial charge in [0.05, 0.1) is 0 Å². The van der Waals surface area contributed by atoms with Crippen molar-refractivity contribution in [3.05, 3.63) is 48.0 Å². The molecule has 0 fully saturated rings. The number of nitrogens with two attached hydrogens (primary N) is 1. The van der Waals surface area contributed by atoms with Gasteiger partial charge in [-0.1, -0.05) is 19.1 Å². The molecule has 90 valence electrons. The van der Waals surface area contributed by atoms with Crippen LogP contribution in [0.5, 0.6) is 0 Å². The third kappa shape index (κ3) is 2.74. The molecule has 3 nitrogen and oxygen atoms in total. The summed E-state index contributed by atoms with van der Waals surface area (Å²) in [6.45, 7) is 4.12. The summed E-state index contributed by atoms with van der Waals surface area (Å²) in [6, 6.07) is 8.78. The summed E-state index contributed by atoms with van der Waals surface area (Å²) in [5, 5.41) is 0. The fourth-order valence-electron chi connectivity index (χ4n) is 1.89. The van der Waals surface area contributed by atoms with Crippen molar-refractivity contribution in [1.82, 2.24) is 9.55 Å². The number of aryl methyl sites for hydroxylation is 1. The number of benzene rings is 1. The van der Waals surface area contributed by atoms with Crippen LogP contribution in [-0.2, 0) is 6.42 Å². The zero-order valence-corrected chi connectivity index (χ0v) is 10.4. The first-order chi connectivity index (χ1) is 8.20. The van der Waals surface area contributed by atoms with Gasteiger partial charge in [-0.25, -0.2) is 4.98 Å². The Labute approximate surface area is 102 Å². The highest BCUT2D eigenvalue weighted by atomic mass is 15.1. The first-order valence-electron chi connectivity index (χ1n) is 6.05. The van der Waals surface area contributed by atoms with Gasteiger partial charge in [-0.2, -0.15) is 0 Å². The van der Waals surface area contributed by atoms with E-state index in [2.05, 4.69) is 40.7 Å². The number of imidazole rings is 1. The van der Waals surface area contributed by atoms with Crippen LogP contribution < -0.4 is 5.73 Å². The highest BCUT2D eigenvalue weighted by Gasteiger charge is 2.03. The monoisotopic (exact) mass is 229 g/mol. The van der Waals surface area contributed by atoms with Crippen molar-refractivity contribution in [2.45, 2.75) is 32.7 Å². The average molecular weight is 229 g/mol. The predicted molar refractivity (Wildman–Crippen MR) is 70.3 cm³/mol. The van der Waals surface area contributed by atoms with E-state index in [1.807, 2.05) is 19.3 Å². The highest BCUT2D eigenvalue weighted by Crippen LogP contribution is 2.13. The Morgan fingerprint density at radius 1 is 1.29 bits per heavy atom. The number of hydrogen-bond acceptors (Lipinski definition) is 2. The molecule has 1 heterocycles. The molecule has 0 spiro atoms. The van der Waals surface area contributed by atoms with Crippen LogP contribution in [-0.4, -0.2) is 15.6 Å². The van der Waals surface area contributed by atoms with Crippen molar-refractivity contribution < 1.29 is 0 Å². The minimum absolute atomic E-state index is 0.260. The van der Waals surface area contributed by atoms with Crippen LogP contribution in [0.4, 0.5) is 0 Å². The normalized spacial score (nSPS) is 12.6. The SMILES string of the molecule is CCC(N)Cc1ccc(-n2ccnc2C)cc1. The lowest BCUT2D eigenvalue weighted by molar-refractivity contribution is 0.646. The summed E-state index contributed by atoms with van der Waals surface area (Å²) < 4.78 is 2.07. The number of aromatic nitrogens is 2. The molecule has 1 atom stereocenters. The first-order valence-corrected chi connectivity index (χ1v) is 6.05. The zero-order chi connectivity index (χ0) is 12.3. The van der Waals surface area contributed by atoms with Gasteiger partial charge < -0.3 is 10.3 Å². The number of nitrogens with zero attached hydrogens (tertiary/aromatic N) is 2. The molecule has 0 radical (unpaired) electrons. The molecule has 0 aliphatic carbocycles. The molecule has 0 amide bonds. The quantitative estimate of drug-likeness (QED) is 0.875. The standard InChI is InChI=1S/C14H19N3/c1-3-13(15)10-12-4-6-14(7-5-12)17-9-8-16-11(17)2/h4-9,13H,3,10,15H2,1-2H3. The second kappa shape index (κ2) is 5.15. The average Bonchev–Trinajstić information content (AvgIpc) is 2.76. The van der Waals surface area contributed by atoms with Crippen molar-refractivity contribution in [3.63, 3.8) is 0 Å². The molecule has 2 N–H and O–H groups in total. The topological polar surface area (TPSA) is 43.8 Å². The maximum atomic E-state index is 5.95. The molecule has 2 rings (SSSR count). The minimum Gasteiger partial charge on any atom is -0.327 e. The van der Waals surface area contributed by atoms with Gasteiger partial charge in [-0.3, -0.25) is 0 Å². The van der Waals surface area contributed by atoms with E-state index in [-0.39, 0.29) is 6.04 Å². The summed E-state index contributed by atoms with van der Waals surface area (Å²) in [4.78, 5) is 4.22. The smallest absolute Gasteiger partial charge is 0.110 e. The van der Waals surface area contributed by atoms with E-state index in [1.165, 1.54) is 5.56 Å². The van der Waals surface area contributed by atoms with Crippen molar-refractivity contribution in [2.24, 2.45) is 5.73 Å². The van der Waals surface area contributed by atoms with Crippen LogP contribution in [0, 0.1) is 6.92 Å². The molecule has 2 aromatic rings. The van der Waals surface area contributed by atoms with Gasteiger partial charge in [-0.15, -0.1) is 0 Å². The molecule has 0 saturated heterocycles. The first kappa shape index (κ1) is 11.9. The molecule has 1 aromatic heterocycles. The molecule has 0 bridgehead atoms. The van der Waals surface area contributed by atoms with Crippen LogP contribution in [0.3, 0.4) is 0 Å². The maximum Gasteiger partial charge on any atom is 0.110 e. The molecule has 0 saturated carbocycles. The summed E-state index contributed by atoms with van der Waals surface area (Å²) in [7, 11) is 0. The minimum atomic E-state index is 0.260. The molecule has 17 heavy (non-hydrogen) atoms. The molecule has 0 aliphatic heterocycles. The van der Waals surface area contributed by atoms with Crippen molar-refractivity contribution in [2.75, 3.05) is 0 Å². The van der Waals surface area contributed by atoms with E-state index in [1.54, 1.807) is 0 Å². The van der Waals surface area contributed by atoms with E-state index in [4.69, 9.17) is 5.73 Å². The van der Waals surface area contributed by atoms with E-state index in [0.29, 0.717) is 0 Å². The summed E-state index contributed by atoms with van der Waals surface area (Å²) in [5.74, 6) is 1.00. The van der Waals surface area contributed by atoms with Crippen molar-refractivity contribution >= 4 is 0 Å². The lowest BCUT2D eigenvalue weighted by Crippen LogP contribution is -2.21. The van der Waals surface area contributed by atoms with E-state index in [0.717, 1.165) is 24.4 Å². The maximum absolute atomic E-state index is 5.95. The Morgan fingerprint density at radius 2 is 2.00 bits per heavy atom. The van der Waals surface area contributed by atoms with Crippen LogP contribution in [0.25, 0.3) is 5.69 Å². The zero-order valence-electron chi connectivity index (χ0n) is 10.4. The van der Waals surface area contributed by atoms with Gasteiger partial charge in [0.2, 0.25) is 0 Å². The van der Waals surface area contributed by atoms with E-state index in [9.17, 15) is 0 Å². The second-order valence-electron chi connectivity index (χ2n) is 4.38. The Morgan fingerprint density at radius 3 is 2.53 bits per heavy atom. The second-order valence-corrected chi connectivity index (χ2v) is 4.38. The predicted octanol–water partition coefficient (Wildman–Crippen LogP) is 2.46. The van der Waals surface area contributed by atoms with Gasteiger partial charge in [0.1, 0.15) is 5.82 Å². The summed E-state index contributed by atoms with van der Waals surface area (Å²) in [5.41, 5.74) is 8.39. The van der Waals surface area contributed by atoms with E-state index < -0.39 is 0 Å². The molecular weight excluding hydrogens is 210 g/mol. The Bertz CT molecular complexity index is 470. The van der Waals surface area contributed by atoms with Crippen molar-refractivity contribution in [1.29, 1.82) is 0 Å². The van der Waals surface area contributed by atoms with Crippen LogP contribution >= 0.6 is 0 Å². The highest BCUT2D eigenvalue weighted by molar-refractivity contribution is 5.36. The Kier molecular flexibility index (Phi) is 3.59. The van der Waals surface area contributed by atoms with Gasteiger partial charge >= 0.3 is 0 Å². The van der Waals surface area contributed by atoms with Gasteiger partial charge in [0.15, 0.2) is 0 Å². The van der Waals surface area contributed by atoms with Crippen LogP contribution in [0.1, 0.15) is 24.7 Å². The summed E-state index contributed by atoms with van der Waals surface area (Å²) in [6.07, 6.45) is 5.75. The van der Waals surface area contributed by atoms with Gasteiger partial charge in [-0.05, 0) is 37.5 Å². The number of rotatable bonds is 4. The lowest BCUT2D eigenvalue weighted by atomic mass is 10.0. The summed E-state index contributed by atoms with van der Waals surface area (Å²) >= 11 is 0. The Hall–Kier alpha value is -1.61. The molecule has 1 unspecified atom stereocenters. The van der Waals surface area contributed by atoms with Gasteiger partial charge in [0.25, 0.3) is 0 Å². The largest absolute Gasteiger partial charge is 0.327 e.